The standard InChI is InChI=1S/C19H24N6O2/c1-23-13-21-22-19(23)12-24-8-5-14(6-9-24)27-17-4-2-3-16-15(17)7-10-25(16)11-18(20)26/h2-4,7,10,13-14H,5-6,8-9,11-12H2,1H3,(H2,20,26). The van der Waals surface area contributed by atoms with Crippen LogP contribution in [-0.4, -0.2) is 49.3 Å². The number of carbonyl (C=O) groups is 1. The van der Waals surface area contributed by atoms with Gasteiger partial charge in [0, 0.05) is 31.7 Å². The Hall–Kier alpha value is -2.87. The smallest absolute Gasteiger partial charge is 0.237 e. The van der Waals surface area contributed by atoms with Crippen molar-refractivity contribution in [2.75, 3.05) is 13.1 Å². The zero-order valence-corrected chi connectivity index (χ0v) is 15.4. The molecule has 0 spiro atoms. The van der Waals surface area contributed by atoms with Gasteiger partial charge in [-0.1, -0.05) is 6.07 Å². The number of rotatable bonds is 6. The maximum atomic E-state index is 11.2. The van der Waals surface area contributed by atoms with Crippen LogP contribution in [0.2, 0.25) is 0 Å². The summed E-state index contributed by atoms with van der Waals surface area (Å²) in [5.74, 6) is 1.49. The summed E-state index contributed by atoms with van der Waals surface area (Å²) >= 11 is 0. The van der Waals surface area contributed by atoms with Gasteiger partial charge in [-0.25, -0.2) is 0 Å². The molecule has 27 heavy (non-hydrogen) atoms. The molecule has 0 aliphatic carbocycles. The van der Waals surface area contributed by atoms with E-state index in [4.69, 9.17) is 10.5 Å². The van der Waals surface area contributed by atoms with Crippen molar-refractivity contribution >= 4 is 16.8 Å². The maximum Gasteiger partial charge on any atom is 0.237 e. The molecule has 1 aliphatic heterocycles. The summed E-state index contributed by atoms with van der Waals surface area (Å²) in [6, 6.07) is 7.91. The quantitative estimate of drug-likeness (QED) is 0.708. The van der Waals surface area contributed by atoms with Crippen LogP contribution in [0.4, 0.5) is 0 Å². The maximum absolute atomic E-state index is 11.2. The molecule has 3 aromatic rings. The van der Waals surface area contributed by atoms with Crippen LogP contribution in [0, 0.1) is 0 Å². The zero-order valence-electron chi connectivity index (χ0n) is 15.4. The van der Waals surface area contributed by atoms with Crippen molar-refractivity contribution in [3.05, 3.63) is 42.6 Å². The number of hydrogen-bond acceptors (Lipinski definition) is 5. The number of ether oxygens (including phenoxy) is 1. The minimum atomic E-state index is -0.353. The summed E-state index contributed by atoms with van der Waals surface area (Å²) in [5, 5.41) is 9.11. The first kappa shape index (κ1) is 17.5. The molecule has 0 unspecified atom stereocenters. The fourth-order valence-electron chi connectivity index (χ4n) is 3.62. The largest absolute Gasteiger partial charge is 0.490 e. The van der Waals surface area contributed by atoms with Crippen molar-refractivity contribution in [1.82, 2.24) is 24.2 Å². The van der Waals surface area contributed by atoms with Gasteiger partial charge in [-0.3, -0.25) is 9.69 Å². The molecule has 0 saturated carbocycles. The third kappa shape index (κ3) is 3.80. The molecule has 3 heterocycles. The van der Waals surface area contributed by atoms with Gasteiger partial charge in [0.15, 0.2) is 0 Å². The third-order valence-corrected chi connectivity index (χ3v) is 5.10. The highest BCUT2D eigenvalue weighted by Crippen LogP contribution is 2.29. The molecule has 1 saturated heterocycles. The van der Waals surface area contributed by atoms with Crippen LogP contribution >= 0.6 is 0 Å². The van der Waals surface area contributed by atoms with E-state index in [1.807, 2.05) is 46.6 Å². The fourth-order valence-corrected chi connectivity index (χ4v) is 3.62. The third-order valence-electron chi connectivity index (χ3n) is 5.10. The van der Waals surface area contributed by atoms with Gasteiger partial charge in [0.2, 0.25) is 5.91 Å². The van der Waals surface area contributed by atoms with Gasteiger partial charge in [-0.15, -0.1) is 10.2 Å². The predicted molar refractivity (Wildman–Crippen MR) is 101 cm³/mol. The highest BCUT2D eigenvalue weighted by atomic mass is 16.5. The lowest BCUT2D eigenvalue weighted by atomic mass is 10.1. The Morgan fingerprint density at radius 3 is 2.81 bits per heavy atom. The number of nitrogens with zero attached hydrogens (tertiary/aromatic N) is 5. The highest BCUT2D eigenvalue weighted by Gasteiger charge is 2.22. The molecule has 2 N–H and O–H groups in total. The molecular formula is C19H24N6O2. The second-order valence-corrected chi connectivity index (χ2v) is 7.05. The van der Waals surface area contributed by atoms with Crippen molar-refractivity contribution in [1.29, 1.82) is 0 Å². The number of benzene rings is 1. The van der Waals surface area contributed by atoms with E-state index < -0.39 is 0 Å². The average Bonchev–Trinajstić information content (AvgIpc) is 3.24. The van der Waals surface area contributed by atoms with Crippen LogP contribution in [-0.2, 0) is 24.9 Å². The minimum absolute atomic E-state index is 0.174. The summed E-state index contributed by atoms with van der Waals surface area (Å²) in [7, 11) is 1.97. The van der Waals surface area contributed by atoms with Crippen molar-refractivity contribution < 1.29 is 9.53 Å². The molecule has 142 valence electrons. The SMILES string of the molecule is Cn1cnnc1CN1CCC(Oc2cccc3c2ccn3CC(N)=O)CC1. The first-order chi connectivity index (χ1) is 13.1. The fraction of sp³-hybridized carbons (Fsp3) is 0.421. The lowest BCUT2D eigenvalue weighted by molar-refractivity contribution is -0.118. The van der Waals surface area contributed by atoms with Crippen LogP contribution in [0.3, 0.4) is 0 Å². The van der Waals surface area contributed by atoms with Crippen molar-refractivity contribution in [3.8, 4) is 5.75 Å². The van der Waals surface area contributed by atoms with E-state index in [0.717, 1.165) is 55.0 Å². The Labute approximate surface area is 157 Å². The van der Waals surface area contributed by atoms with Gasteiger partial charge in [-0.05, 0) is 31.0 Å². The predicted octanol–water partition coefficient (Wildman–Crippen LogP) is 1.30. The average molecular weight is 368 g/mol. The number of aryl methyl sites for hydroxylation is 1. The summed E-state index contributed by atoms with van der Waals surface area (Å²) in [6.45, 7) is 2.93. The van der Waals surface area contributed by atoms with Crippen LogP contribution in [0.1, 0.15) is 18.7 Å². The number of primary amides is 1. The monoisotopic (exact) mass is 368 g/mol. The number of hydrogen-bond donors (Lipinski definition) is 1. The number of carbonyl (C=O) groups excluding carboxylic acids is 1. The molecule has 1 aromatic carbocycles. The van der Waals surface area contributed by atoms with E-state index in [1.165, 1.54) is 0 Å². The lowest BCUT2D eigenvalue weighted by Crippen LogP contribution is -2.38. The second kappa shape index (κ2) is 7.40. The topological polar surface area (TPSA) is 91.2 Å². The number of nitrogens with two attached hydrogens (primary N) is 1. The van der Waals surface area contributed by atoms with Gasteiger partial charge >= 0.3 is 0 Å². The van der Waals surface area contributed by atoms with Crippen molar-refractivity contribution in [3.63, 3.8) is 0 Å². The minimum Gasteiger partial charge on any atom is -0.490 e. The zero-order chi connectivity index (χ0) is 18.8. The first-order valence-corrected chi connectivity index (χ1v) is 9.18. The number of fused-ring (bicyclic) bond motifs is 1. The Morgan fingerprint density at radius 2 is 2.11 bits per heavy atom. The lowest BCUT2D eigenvalue weighted by Gasteiger charge is -2.31. The first-order valence-electron chi connectivity index (χ1n) is 9.18. The molecule has 1 amide bonds. The molecule has 8 heteroatoms. The Balaban J connectivity index is 1.40. The van der Waals surface area contributed by atoms with Gasteiger partial charge in [0.1, 0.15) is 30.5 Å². The van der Waals surface area contributed by atoms with E-state index in [2.05, 4.69) is 15.1 Å². The van der Waals surface area contributed by atoms with E-state index >= 15 is 0 Å². The molecule has 1 fully saturated rings. The van der Waals surface area contributed by atoms with Gasteiger partial charge in [0.25, 0.3) is 0 Å². The Morgan fingerprint density at radius 1 is 1.30 bits per heavy atom. The Bertz CT molecular complexity index is 939. The molecule has 0 atom stereocenters. The van der Waals surface area contributed by atoms with E-state index in [9.17, 15) is 4.79 Å². The molecule has 1 aliphatic rings. The molecule has 4 rings (SSSR count). The Kier molecular flexibility index (Phi) is 4.81. The molecule has 0 bridgehead atoms. The van der Waals surface area contributed by atoms with Crippen LogP contribution < -0.4 is 10.5 Å². The van der Waals surface area contributed by atoms with Crippen molar-refractivity contribution in [2.24, 2.45) is 12.8 Å². The summed E-state index contributed by atoms with van der Waals surface area (Å²) in [5.41, 5.74) is 6.29. The summed E-state index contributed by atoms with van der Waals surface area (Å²) in [6.07, 6.45) is 5.74. The molecule has 8 nitrogen and oxygen atoms in total. The van der Waals surface area contributed by atoms with E-state index in [0.29, 0.717) is 0 Å². The van der Waals surface area contributed by atoms with E-state index in [-0.39, 0.29) is 18.6 Å². The second-order valence-electron chi connectivity index (χ2n) is 7.05. The number of likely N-dealkylation sites (tertiary alicyclic amines) is 1. The molecule has 0 radical (unpaired) electrons. The number of amides is 1. The van der Waals surface area contributed by atoms with E-state index in [1.54, 1.807) is 6.33 Å². The summed E-state index contributed by atoms with van der Waals surface area (Å²) in [4.78, 5) is 13.6. The van der Waals surface area contributed by atoms with Crippen LogP contribution in [0.5, 0.6) is 5.75 Å². The summed E-state index contributed by atoms with van der Waals surface area (Å²) < 4.78 is 10.1. The molecular weight excluding hydrogens is 344 g/mol. The van der Waals surface area contributed by atoms with Crippen molar-refractivity contribution in [2.45, 2.75) is 32.0 Å². The number of piperidine rings is 1. The van der Waals surface area contributed by atoms with Crippen LogP contribution in [0.15, 0.2) is 36.8 Å². The van der Waals surface area contributed by atoms with Crippen LogP contribution in [0.25, 0.3) is 10.9 Å². The number of aromatic nitrogens is 4. The molecule has 2 aromatic heterocycles. The van der Waals surface area contributed by atoms with Gasteiger partial charge < -0.3 is 19.6 Å². The van der Waals surface area contributed by atoms with Gasteiger partial charge in [0.05, 0.1) is 12.1 Å². The highest BCUT2D eigenvalue weighted by molar-refractivity contribution is 5.87. The van der Waals surface area contributed by atoms with Gasteiger partial charge in [-0.2, -0.15) is 0 Å². The normalized spacial score (nSPS) is 16.0.